The van der Waals surface area contributed by atoms with Crippen LogP contribution < -0.4 is 0 Å². The summed E-state index contributed by atoms with van der Waals surface area (Å²) < 4.78 is 10.5. The maximum atomic E-state index is 5.25. The number of hydrogen-bond acceptors (Lipinski definition) is 16. The number of rotatable bonds is 3. The zero-order chi connectivity index (χ0) is 67.7. The number of hydrogen-bond donors (Lipinski definition) is 0. The van der Waals surface area contributed by atoms with Crippen LogP contribution in [0.4, 0.5) is 0 Å². The van der Waals surface area contributed by atoms with E-state index in [1.807, 2.05) is 0 Å². The molecule has 11 aliphatic rings. The summed E-state index contributed by atoms with van der Waals surface area (Å²) in [6, 6.07) is 0. The third-order valence-corrected chi connectivity index (χ3v) is 23.6. The predicted molar refractivity (Wildman–Crippen MR) is 393 cm³/mol. The number of likely N-dealkylation sites (N-methyl/N-ethyl adjacent to an activating group) is 4. The van der Waals surface area contributed by atoms with Gasteiger partial charge in [0.15, 0.2) is 0 Å². The number of morpholine rings is 1. The van der Waals surface area contributed by atoms with E-state index in [-0.39, 0.29) is 0 Å². The van der Waals surface area contributed by atoms with E-state index in [1.54, 1.807) is 0 Å². The highest BCUT2D eigenvalue weighted by Crippen LogP contribution is 2.48. The number of thioether (sulfide) groups is 2. The summed E-state index contributed by atoms with van der Waals surface area (Å²) in [5, 5.41) is 0. The molecule has 4 spiro atoms. The molecule has 1 aliphatic carbocycles. The first-order chi connectivity index (χ1) is 40.4. The fourth-order valence-corrected chi connectivity index (χ4v) is 15.2. The lowest BCUT2D eigenvalue weighted by atomic mass is 9.71. The summed E-state index contributed by atoms with van der Waals surface area (Å²) in [6.07, 6.45) is 2.83. The van der Waals surface area contributed by atoms with Gasteiger partial charge >= 0.3 is 0 Å². The Kier molecular flexibility index (Phi) is 29.9. The van der Waals surface area contributed by atoms with Gasteiger partial charge in [-0.3, -0.25) is 39.2 Å². The van der Waals surface area contributed by atoms with E-state index in [0.29, 0.717) is 60.7 Å². The Morgan fingerprint density at radius 2 is 0.719 bits per heavy atom. The lowest BCUT2D eigenvalue weighted by Gasteiger charge is -2.63. The number of likely N-dealkylation sites (tertiary alicyclic amines) is 4. The molecule has 1 saturated carbocycles. The first-order valence-electron chi connectivity index (χ1n) is 35.4. The molecule has 0 unspecified atom stereocenters. The molecule has 10 aliphatic heterocycles. The smallest absolute Gasteiger partial charge is 0.0594 e. The topological polar surface area (TPSA) is 57.3 Å². The molecule has 16 heteroatoms. The molecule has 0 amide bonds. The van der Waals surface area contributed by atoms with Crippen LogP contribution in [-0.4, -0.2) is 338 Å². The molecule has 528 valence electrons. The van der Waals surface area contributed by atoms with Crippen molar-refractivity contribution in [3.8, 4) is 0 Å². The lowest BCUT2D eigenvalue weighted by molar-refractivity contribution is -0.207. The average Bonchev–Trinajstić information content (AvgIpc) is 1.57. The molecular formula is C73H152N12O2S2. The Morgan fingerprint density at radius 3 is 1.02 bits per heavy atom. The van der Waals surface area contributed by atoms with E-state index in [1.165, 1.54) is 147 Å². The van der Waals surface area contributed by atoms with Crippen LogP contribution in [0.2, 0.25) is 0 Å². The SMILES string of the molecule is CC(C)(C)N1CC2(COC2)C1.CC(C)(C)N1CC2(CSC2)C1.CC(C)(C)N1CCOCC1.CC(C)(C)N1CCSCC1.CN(C)CCN(C)C(C)(C)C.CN1CC2(C1)CN(C(C)(C)C)C2.CN1CCN(C(C)(C)C)CC1.CN1CCN(C(C)(C)C)CC12CC2. The van der Waals surface area contributed by atoms with E-state index < -0.39 is 0 Å². The van der Waals surface area contributed by atoms with Crippen molar-refractivity contribution in [2.24, 2.45) is 16.2 Å². The molecule has 0 bridgehead atoms. The van der Waals surface area contributed by atoms with Crippen molar-refractivity contribution in [2.45, 2.75) is 229 Å². The summed E-state index contributed by atoms with van der Waals surface area (Å²) in [5.74, 6) is 5.47. The fourth-order valence-electron chi connectivity index (χ4n) is 13.1. The zero-order valence-corrected chi connectivity index (χ0v) is 66.6. The van der Waals surface area contributed by atoms with Gasteiger partial charge in [-0.25, -0.2) is 0 Å². The summed E-state index contributed by atoms with van der Waals surface area (Å²) in [5.41, 5.74) is 5.50. The highest BCUT2D eigenvalue weighted by molar-refractivity contribution is 8.00. The van der Waals surface area contributed by atoms with Crippen molar-refractivity contribution in [3.63, 3.8) is 0 Å². The lowest BCUT2D eigenvalue weighted by Crippen LogP contribution is -2.73. The van der Waals surface area contributed by atoms with Crippen LogP contribution in [0, 0.1) is 16.2 Å². The van der Waals surface area contributed by atoms with Gasteiger partial charge in [0.2, 0.25) is 0 Å². The average molecular weight is 1290 g/mol. The van der Waals surface area contributed by atoms with Crippen LogP contribution in [0.1, 0.15) is 179 Å². The highest BCUT2D eigenvalue weighted by Gasteiger charge is 2.54. The summed E-state index contributed by atoms with van der Waals surface area (Å²) in [4.78, 5) is 29.8. The van der Waals surface area contributed by atoms with Crippen molar-refractivity contribution in [1.82, 2.24) is 58.8 Å². The maximum Gasteiger partial charge on any atom is 0.0594 e. The van der Waals surface area contributed by atoms with Gasteiger partial charge in [-0.05, 0) is 221 Å². The van der Waals surface area contributed by atoms with Gasteiger partial charge in [0.1, 0.15) is 0 Å². The van der Waals surface area contributed by atoms with Crippen LogP contribution in [0.5, 0.6) is 0 Å². The minimum absolute atomic E-state index is 0.302. The molecule has 10 saturated heterocycles. The largest absolute Gasteiger partial charge is 0.380 e. The van der Waals surface area contributed by atoms with Crippen molar-refractivity contribution in [3.05, 3.63) is 0 Å². The van der Waals surface area contributed by atoms with E-state index in [2.05, 4.69) is 291 Å². The fraction of sp³-hybridized carbons (Fsp3) is 1.00. The Hall–Kier alpha value is 0.140. The number of ether oxygens (including phenoxy) is 2. The molecule has 0 aromatic carbocycles. The summed E-state index contributed by atoms with van der Waals surface area (Å²) in [6.45, 7) is 84.8. The van der Waals surface area contributed by atoms with Crippen molar-refractivity contribution in [1.29, 1.82) is 0 Å². The zero-order valence-electron chi connectivity index (χ0n) is 64.9. The second-order valence-electron chi connectivity index (χ2n) is 37.9. The molecule has 0 radical (unpaired) electrons. The van der Waals surface area contributed by atoms with Gasteiger partial charge in [0.05, 0.1) is 26.4 Å². The van der Waals surface area contributed by atoms with Gasteiger partial charge in [0, 0.05) is 227 Å². The second-order valence-corrected chi connectivity index (χ2v) is 40.1. The minimum Gasteiger partial charge on any atom is -0.380 e. The third kappa shape index (κ3) is 26.8. The monoisotopic (exact) mass is 1290 g/mol. The van der Waals surface area contributed by atoms with Gasteiger partial charge in [0.25, 0.3) is 0 Å². The molecule has 89 heavy (non-hydrogen) atoms. The molecule has 10 heterocycles. The first-order valence-corrected chi connectivity index (χ1v) is 37.8. The van der Waals surface area contributed by atoms with Crippen LogP contribution in [0.15, 0.2) is 0 Å². The van der Waals surface area contributed by atoms with Gasteiger partial charge in [-0.15, -0.1) is 0 Å². The third-order valence-electron chi connectivity index (χ3n) is 21.0. The Bertz CT molecular complexity index is 1910. The molecule has 11 rings (SSSR count). The maximum absolute atomic E-state index is 5.25. The summed E-state index contributed by atoms with van der Waals surface area (Å²) in [7, 11) is 13.1. The van der Waals surface area contributed by atoms with Crippen LogP contribution >= 0.6 is 23.5 Å². The molecule has 0 atom stereocenters. The van der Waals surface area contributed by atoms with Crippen LogP contribution in [0.3, 0.4) is 0 Å². The Morgan fingerprint density at radius 1 is 0.348 bits per heavy atom. The Balaban J connectivity index is 0.000000218. The van der Waals surface area contributed by atoms with E-state index in [4.69, 9.17) is 9.47 Å². The predicted octanol–water partition coefficient (Wildman–Crippen LogP) is 10.8. The number of nitrogens with zero attached hydrogens (tertiary/aromatic N) is 12. The van der Waals surface area contributed by atoms with Gasteiger partial charge in [-0.2, -0.15) is 23.5 Å². The Labute approximate surface area is 563 Å². The molecule has 0 aromatic heterocycles. The second kappa shape index (κ2) is 32.7. The minimum atomic E-state index is 0.302. The van der Waals surface area contributed by atoms with E-state index >= 15 is 0 Å². The normalized spacial score (nSPS) is 25.5. The molecule has 0 aromatic rings. The number of piperazine rings is 2. The van der Waals surface area contributed by atoms with Gasteiger partial charge < -0.3 is 29.1 Å². The molecule has 14 nitrogen and oxygen atoms in total. The first kappa shape index (κ1) is 81.6. The van der Waals surface area contributed by atoms with E-state index in [9.17, 15) is 0 Å². The van der Waals surface area contributed by atoms with Crippen molar-refractivity contribution >= 4 is 23.5 Å². The van der Waals surface area contributed by atoms with Crippen LogP contribution in [-0.2, 0) is 9.47 Å². The van der Waals surface area contributed by atoms with Gasteiger partial charge in [-0.1, -0.05) is 0 Å². The standard InChI is InChI=1S/C11H22N2.C10H20N2.C9H20N2.C9H22N2.C9H17NO.C9H17NS.C8H17NO.C8H17NS/c1-10(2,3)13-8-7-12(4)11(9-13)5-6-11;1-9(2,3)12-7-10(8-12)5-11(4)6-10;1-9(2,3)11-7-5-10(4)6-8-11;1-9(2,3)11(6)8-7-10(4)5;2*1-8(2,3)10-4-9(5-10)6-11-7-9;2*1-8(2,3)9-4-6-10-7-5-9/h5-9H2,1-4H3;5-8H2,1-4H3;5-8H2,1-4H3;7-8H2,1-6H3;2*4-7H2,1-3H3;2*4-7H2,1-3H3. The summed E-state index contributed by atoms with van der Waals surface area (Å²) >= 11 is 4.18. The molecule has 0 N–H and O–H groups in total. The van der Waals surface area contributed by atoms with Crippen molar-refractivity contribution in [2.75, 3.05) is 229 Å². The van der Waals surface area contributed by atoms with Crippen LogP contribution in [0.25, 0.3) is 0 Å². The van der Waals surface area contributed by atoms with E-state index in [0.717, 1.165) is 58.0 Å². The molecule has 11 fully saturated rings. The quantitative estimate of drug-likeness (QED) is 0.269. The molecular weight excluding hydrogens is 1140 g/mol. The van der Waals surface area contributed by atoms with Crippen molar-refractivity contribution < 1.29 is 9.47 Å². The highest BCUT2D eigenvalue weighted by atomic mass is 32.2.